The Morgan fingerprint density at radius 1 is 1.21 bits per heavy atom. The Morgan fingerprint density at radius 3 is 2.53 bits per heavy atom. The SMILES string of the molecule is CCC1(c2ccccc2)CCN(CC2CC2)CC1C. The normalized spacial score (nSPS) is 32.4. The van der Waals surface area contributed by atoms with Crippen LogP contribution in [0.25, 0.3) is 0 Å². The summed E-state index contributed by atoms with van der Waals surface area (Å²) in [7, 11) is 0. The molecule has 1 aliphatic carbocycles. The van der Waals surface area contributed by atoms with Gasteiger partial charge in [-0.1, -0.05) is 44.2 Å². The second kappa shape index (κ2) is 5.28. The number of piperidine rings is 1. The third-order valence-corrected chi connectivity index (χ3v) is 5.54. The van der Waals surface area contributed by atoms with Crippen LogP contribution in [0.3, 0.4) is 0 Å². The third-order valence-electron chi connectivity index (χ3n) is 5.54. The first-order valence-electron chi connectivity index (χ1n) is 8.02. The molecule has 1 aliphatic heterocycles. The van der Waals surface area contributed by atoms with Crippen LogP contribution >= 0.6 is 0 Å². The van der Waals surface area contributed by atoms with Crippen molar-refractivity contribution in [2.75, 3.05) is 19.6 Å². The standard InChI is InChI=1S/C18H27N/c1-3-18(17-7-5-4-6-8-17)11-12-19(13-15(18)2)14-16-9-10-16/h4-8,15-16H,3,9-14H2,1-2H3. The second-order valence-electron chi connectivity index (χ2n) is 6.73. The van der Waals surface area contributed by atoms with Crippen molar-refractivity contribution < 1.29 is 0 Å². The molecule has 19 heavy (non-hydrogen) atoms. The molecule has 104 valence electrons. The summed E-state index contributed by atoms with van der Waals surface area (Å²) < 4.78 is 0. The van der Waals surface area contributed by atoms with Crippen LogP contribution in [0, 0.1) is 11.8 Å². The van der Waals surface area contributed by atoms with Crippen molar-refractivity contribution in [1.29, 1.82) is 0 Å². The van der Waals surface area contributed by atoms with Gasteiger partial charge in [0.15, 0.2) is 0 Å². The van der Waals surface area contributed by atoms with E-state index in [0.717, 1.165) is 11.8 Å². The van der Waals surface area contributed by atoms with Crippen LogP contribution in [-0.2, 0) is 5.41 Å². The Kier molecular flexibility index (Phi) is 3.66. The molecular formula is C18H27N. The number of rotatable bonds is 4. The topological polar surface area (TPSA) is 3.24 Å². The average Bonchev–Trinajstić information content (AvgIpc) is 3.25. The number of hydrogen-bond acceptors (Lipinski definition) is 1. The summed E-state index contributed by atoms with van der Waals surface area (Å²) in [5.74, 6) is 1.80. The molecule has 2 aliphatic rings. The zero-order valence-corrected chi connectivity index (χ0v) is 12.4. The van der Waals surface area contributed by atoms with Crippen molar-refractivity contribution in [3.8, 4) is 0 Å². The predicted molar refractivity (Wildman–Crippen MR) is 81.4 cm³/mol. The van der Waals surface area contributed by atoms with Gasteiger partial charge in [0.1, 0.15) is 0 Å². The van der Waals surface area contributed by atoms with Gasteiger partial charge in [0, 0.05) is 18.5 Å². The van der Waals surface area contributed by atoms with E-state index in [1.807, 2.05) is 0 Å². The van der Waals surface area contributed by atoms with Crippen molar-refractivity contribution in [2.45, 2.75) is 44.9 Å². The van der Waals surface area contributed by atoms with Crippen molar-refractivity contribution in [3.63, 3.8) is 0 Å². The van der Waals surface area contributed by atoms with Crippen molar-refractivity contribution in [3.05, 3.63) is 35.9 Å². The maximum atomic E-state index is 2.72. The number of hydrogen-bond donors (Lipinski definition) is 0. The molecule has 0 spiro atoms. The first kappa shape index (κ1) is 13.2. The lowest BCUT2D eigenvalue weighted by molar-refractivity contribution is 0.0933. The van der Waals surface area contributed by atoms with Gasteiger partial charge in [0.25, 0.3) is 0 Å². The molecule has 2 atom stereocenters. The highest BCUT2D eigenvalue weighted by atomic mass is 15.1. The summed E-state index contributed by atoms with van der Waals surface area (Å²) in [5, 5.41) is 0. The Labute approximate surface area is 118 Å². The fraction of sp³-hybridized carbons (Fsp3) is 0.667. The smallest absolute Gasteiger partial charge is 0.00157 e. The Balaban J connectivity index is 1.75. The summed E-state index contributed by atoms with van der Waals surface area (Å²) in [6, 6.07) is 11.2. The first-order valence-corrected chi connectivity index (χ1v) is 8.02. The monoisotopic (exact) mass is 257 g/mol. The molecule has 1 heterocycles. The van der Waals surface area contributed by atoms with Gasteiger partial charge in [-0.2, -0.15) is 0 Å². The van der Waals surface area contributed by atoms with Gasteiger partial charge in [-0.05, 0) is 49.6 Å². The second-order valence-corrected chi connectivity index (χ2v) is 6.73. The van der Waals surface area contributed by atoms with E-state index in [1.54, 1.807) is 5.56 Å². The van der Waals surface area contributed by atoms with Gasteiger partial charge in [-0.3, -0.25) is 0 Å². The molecule has 1 heteroatoms. The number of benzene rings is 1. The van der Waals surface area contributed by atoms with E-state index in [1.165, 1.54) is 45.3 Å². The lowest BCUT2D eigenvalue weighted by Crippen LogP contribution is -2.49. The van der Waals surface area contributed by atoms with Crippen LogP contribution in [0.15, 0.2) is 30.3 Å². The molecule has 2 unspecified atom stereocenters. The van der Waals surface area contributed by atoms with Gasteiger partial charge in [0.2, 0.25) is 0 Å². The summed E-state index contributed by atoms with van der Waals surface area (Å²) >= 11 is 0. The van der Waals surface area contributed by atoms with Crippen LogP contribution in [0.2, 0.25) is 0 Å². The van der Waals surface area contributed by atoms with Crippen LogP contribution in [-0.4, -0.2) is 24.5 Å². The Hall–Kier alpha value is -0.820. The molecule has 0 aromatic heterocycles. The number of likely N-dealkylation sites (tertiary alicyclic amines) is 1. The maximum Gasteiger partial charge on any atom is 0.00157 e. The van der Waals surface area contributed by atoms with E-state index in [2.05, 4.69) is 49.1 Å². The molecule has 1 saturated carbocycles. The highest BCUT2D eigenvalue weighted by Crippen LogP contribution is 2.43. The zero-order chi connectivity index (χ0) is 13.3. The minimum absolute atomic E-state index is 0.418. The molecule has 2 fully saturated rings. The quantitative estimate of drug-likeness (QED) is 0.785. The molecule has 1 aromatic carbocycles. The van der Waals surface area contributed by atoms with E-state index >= 15 is 0 Å². The Morgan fingerprint density at radius 2 is 1.95 bits per heavy atom. The highest BCUT2D eigenvalue weighted by molar-refractivity contribution is 5.27. The van der Waals surface area contributed by atoms with Crippen LogP contribution in [0.4, 0.5) is 0 Å². The molecule has 0 N–H and O–H groups in total. The lowest BCUT2D eigenvalue weighted by atomic mass is 9.65. The molecule has 0 radical (unpaired) electrons. The molecular weight excluding hydrogens is 230 g/mol. The molecule has 3 rings (SSSR count). The first-order chi connectivity index (χ1) is 9.24. The van der Waals surface area contributed by atoms with E-state index < -0.39 is 0 Å². The van der Waals surface area contributed by atoms with E-state index in [4.69, 9.17) is 0 Å². The Bertz CT molecular complexity index is 409. The van der Waals surface area contributed by atoms with Crippen molar-refractivity contribution in [1.82, 2.24) is 4.90 Å². The maximum absolute atomic E-state index is 2.72. The van der Waals surface area contributed by atoms with Crippen molar-refractivity contribution >= 4 is 0 Å². The minimum Gasteiger partial charge on any atom is -0.303 e. The van der Waals surface area contributed by atoms with E-state index in [0.29, 0.717) is 5.41 Å². The van der Waals surface area contributed by atoms with Gasteiger partial charge < -0.3 is 4.90 Å². The number of nitrogens with zero attached hydrogens (tertiary/aromatic N) is 1. The summed E-state index contributed by atoms with van der Waals surface area (Å²) in [5.41, 5.74) is 1.98. The summed E-state index contributed by atoms with van der Waals surface area (Å²) in [6.07, 6.45) is 5.56. The minimum atomic E-state index is 0.418. The third kappa shape index (κ3) is 2.58. The molecule has 1 nitrogen and oxygen atoms in total. The van der Waals surface area contributed by atoms with Gasteiger partial charge in [0.05, 0.1) is 0 Å². The van der Waals surface area contributed by atoms with Crippen LogP contribution in [0.5, 0.6) is 0 Å². The highest BCUT2D eigenvalue weighted by Gasteiger charge is 2.41. The van der Waals surface area contributed by atoms with Crippen molar-refractivity contribution in [2.24, 2.45) is 11.8 Å². The molecule has 0 bridgehead atoms. The summed E-state index contributed by atoms with van der Waals surface area (Å²) in [4.78, 5) is 2.72. The van der Waals surface area contributed by atoms with E-state index in [-0.39, 0.29) is 0 Å². The average molecular weight is 257 g/mol. The van der Waals surface area contributed by atoms with Gasteiger partial charge in [-0.25, -0.2) is 0 Å². The molecule has 1 aromatic rings. The molecule has 1 saturated heterocycles. The van der Waals surface area contributed by atoms with Gasteiger partial charge in [-0.15, -0.1) is 0 Å². The van der Waals surface area contributed by atoms with Crippen LogP contribution < -0.4 is 0 Å². The fourth-order valence-corrected chi connectivity index (χ4v) is 4.02. The predicted octanol–water partition coefficient (Wildman–Crippen LogP) is 4.09. The fourth-order valence-electron chi connectivity index (χ4n) is 4.02. The van der Waals surface area contributed by atoms with E-state index in [9.17, 15) is 0 Å². The van der Waals surface area contributed by atoms with Gasteiger partial charge >= 0.3 is 0 Å². The summed E-state index contributed by atoms with van der Waals surface area (Å²) in [6.45, 7) is 8.79. The zero-order valence-electron chi connectivity index (χ0n) is 12.4. The molecule has 0 amide bonds. The lowest BCUT2D eigenvalue weighted by Gasteiger charge is -2.47. The largest absolute Gasteiger partial charge is 0.303 e. The van der Waals surface area contributed by atoms with Crippen LogP contribution in [0.1, 0.15) is 45.1 Å².